The number of halogens is 2. The van der Waals surface area contributed by atoms with E-state index in [2.05, 4.69) is 30.5 Å². The number of carbonyl (C=O) groups is 1. The number of imidazole rings is 1. The maximum atomic E-state index is 13.2. The third kappa shape index (κ3) is 5.42. The van der Waals surface area contributed by atoms with E-state index in [1.807, 2.05) is 6.92 Å². The molecule has 34 heavy (non-hydrogen) atoms. The summed E-state index contributed by atoms with van der Waals surface area (Å²) in [6, 6.07) is 2.72. The molecule has 0 saturated carbocycles. The molecule has 1 saturated heterocycles. The van der Waals surface area contributed by atoms with Gasteiger partial charge in [0.15, 0.2) is 11.0 Å². The number of sulfonamides is 1. The predicted octanol–water partition coefficient (Wildman–Crippen LogP) is 2.74. The van der Waals surface area contributed by atoms with E-state index in [-0.39, 0.29) is 48.3 Å². The molecule has 0 aromatic carbocycles. The zero-order valence-electron chi connectivity index (χ0n) is 18.5. The Morgan fingerprint density at radius 2 is 2.18 bits per heavy atom. The SMILES string of the molecule is Cc1nnc(NC(=O)CCS(=O)(=O)N2CC[C@@H](c3[nH]c(-c4ccc(F)cn4)nc3Cl)[C@@H](C)C2)o1. The van der Waals surface area contributed by atoms with E-state index in [0.29, 0.717) is 29.5 Å². The van der Waals surface area contributed by atoms with Crippen molar-refractivity contribution in [1.82, 2.24) is 29.5 Å². The Bertz CT molecular complexity index is 1280. The monoisotopic (exact) mass is 511 g/mol. The first-order valence-electron chi connectivity index (χ1n) is 10.6. The molecule has 1 aliphatic rings. The average molecular weight is 512 g/mol. The van der Waals surface area contributed by atoms with Crippen molar-refractivity contribution in [2.45, 2.75) is 32.6 Å². The molecule has 14 heteroatoms. The first-order valence-corrected chi connectivity index (χ1v) is 12.6. The zero-order chi connectivity index (χ0) is 24.5. The van der Waals surface area contributed by atoms with Crippen LogP contribution < -0.4 is 5.32 Å². The summed E-state index contributed by atoms with van der Waals surface area (Å²) in [5, 5.41) is 9.92. The summed E-state index contributed by atoms with van der Waals surface area (Å²) in [7, 11) is -3.65. The Labute approximate surface area is 200 Å². The predicted molar refractivity (Wildman–Crippen MR) is 121 cm³/mol. The van der Waals surface area contributed by atoms with Gasteiger partial charge in [0, 0.05) is 32.4 Å². The van der Waals surface area contributed by atoms with Crippen LogP contribution in [0.2, 0.25) is 5.15 Å². The van der Waals surface area contributed by atoms with Crippen molar-refractivity contribution >= 4 is 33.5 Å². The van der Waals surface area contributed by atoms with Crippen molar-refractivity contribution in [1.29, 1.82) is 0 Å². The quantitative estimate of drug-likeness (QED) is 0.492. The molecular weight excluding hydrogens is 489 g/mol. The Morgan fingerprint density at radius 3 is 2.82 bits per heavy atom. The van der Waals surface area contributed by atoms with Crippen LogP contribution in [0.15, 0.2) is 22.7 Å². The van der Waals surface area contributed by atoms with E-state index in [1.165, 1.54) is 16.4 Å². The number of aryl methyl sites for hydroxylation is 1. The Morgan fingerprint density at radius 1 is 1.38 bits per heavy atom. The van der Waals surface area contributed by atoms with Crippen molar-refractivity contribution < 1.29 is 22.0 Å². The summed E-state index contributed by atoms with van der Waals surface area (Å²) in [5.41, 5.74) is 1.15. The molecule has 4 rings (SSSR count). The minimum atomic E-state index is -3.65. The molecule has 1 fully saturated rings. The van der Waals surface area contributed by atoms with Gasteiger partial charge in [0.25, 0.3) is 0 Å². The molecule has 0 unspecified atom stereocenters. The number of piperidine rings is 1. The first kappa shape index (κ1) is 24.2. The summed E-state index contributed by atoms with van der Waals surface area (Å²) in [6.07, 6.45) is 1.38. The van der Waals surface area contributed by atoms with Gasteiger partial charge in [0.05, 0.1) is 17.6 Å². The van der Waals surface area contributed by atoms with Crippen LogP contribution in [0, 0.1) is 18.7 Å². The molecule has 0 aliphatic carbocycles. The Hall–Kier alpha value is -2.90. The van der Waals surface area contributed by atoms with E-state index in [0.717, 1.165) is 6.20 Å². The van der Waals surface area contributed by atoms with Crippen LogP contribution >= 0.6 is 11.6 Å². The lowest BCUT2D eigenvalue weighted by atomic mass is 9.86. The normalized spacial score (nSPS) is 19.3. The highest BCUT2D eigenvalue weighted by Crippen LogP contribution is 2.37. The summed E-state index contributed by atoms with van der Waals surface area (Å²) in [5.74, 6) is -0.722. The van der Waals surface area contributed by atoms with Gasteiger partial charge in [0.1, 0.15) is 11.5 Å². The molecule has 0 bridgehead atoms. The van der Waals surface area contributed by atoms with Gasteiger partial charge in [-0.15, -0.1) is 5.10 Å². The minimum absolute atomic E-state index is 0.0512. The number of nitrogens with one attached hydrogen (secondary N) is 2. The highest BCUT2D eigenvalue weighted by molar-refractivity contribution is 7.89. The maximum absolute atomic E-state index is 13.2. The molecule has 3 aromatic heterocycles. The van der Waals surface area contributed by atoms with Crippen LogP contribution in [0.1, 0.15) is 37.3 Å². The van der Waals surface area contributed by atoms with E-state index in [4.69, 9.17) is 16.0 Å². The van der Waals surface area contributed by atoms with Crippen LogP contribution in [0.3, 0.4) is 0 Å². The van der Waals surface area contributed by atoms with Crippen molar-refractivity contribution in [3.63, 3.8) is 0 Å². The van der Waals surface area contributed by atoms with E-state index in [9.17, 15) is 17.6 Å². The molecule has 11 nitrogen and oxygen atoms in total. The fraction of sp³-hybridized carbons (Fsp3) is 0.450. The summed E-state index contributed by atoms with van der Waals surface area (Å²) in [6.45, 7) is 4.07. The van der Waals surface area contributed by atoms with Crippen LogP contribution in [-0.4, -0.2) is 62.6 Å². The summed E-state index contributed by atoms with van der Waals surface area (Å²) >= 11 is 6.37. The van der Waals surface area contributed by atoms with Crippen molar-refractivity contribution in [2.24, 2.45) is 5.92 Å². The number of anilines is 1. The van der Waals surface area contributed by atoms with Gasteiger partial charge in [-0.3, -0.25) is 10.1 Å². The number of H-pyrrole nitrogens is 1. The number of carbonyl (C=O) groups excluding carboxylic acids is 1. The highest BCUT2D eigenvalue weighted by Gasteiger charge is 2.35. The van der Waals surface area contributed by atoms with Crippen LogP contribution in [0.4, 0.5) is 10.4 Å². The lowest BCUT2D eigenvalue weighted by Crippen LogP contribution is -2.43. The summed E-state index contributed by atoms with van der Waals surface area (Å²) < 4.78 is 45.3. The lowest BCUT2D eigenvalue weighted by molar-refractivity contribution is -0.116. The molecule has 2 atom stereocenters. The van der Waals surface area contributed by atoms with E-state index in [1.54, 1.807) is 6.92 Å². The third-order valence-corrected chi connectivity index (χ3v) is 7.77. The zero-order valence-corrected chi connectivity index (χ0v) is 20.0. The average Bonchev–Trinajstić information content (AvgIpc) is 3.38. The number of nitrogens with zero attached hydrogens (tertiary/aromatic N) is 5. The number of rotatable bonds is 7. The van der Waals surface area contributed by atoms with Crippen molar-refractivity contribution in [3.8, 4) is 11.5 Å². The van der Waals surface area contributed by atoms with Gasteiger partial charge in [0.2, 0.25) is 21.8 Å². The molecule has 0 radical (unpaired) electrons. The second-order valence-corrected chi connectivity index (χ2v) is 10.6. The topological polar surface area (TPSA) is 147 Å². The maximum Gasteiger partial charge on any atom is 0.322 e. The number of pyridine rings is 1. The Kier molecular flexibility index (Phi) is 6.96. The molecule has 3 aromatic rings. The molecule has 0 spiro atoms. The number of hydrogen-bond acceptors (Lipinski definition) is 8. The van der Waals surface area contributed by atoms with Gasteiger partial charge < -0.3 is 9.40 Å². The molecular formula is C20H23ClFN7O4S. The Balaban J connectivity index is 1.37. The fourth-order valence-corrected chi connectivity index (χ4v) is 5.74. The fourth-order valence-electron chi connectivity index (χ4n) is 3.92. The van der Waals surface area contributed by atoms with Gasteiger partial charge in [-0.2, -0.15) is 0 Å². The van der Waals surface area contributed by atoms with Gasteiger partial charge in [-0.25, -0.2) is 27.1 Å². The molecule has 182 valence electrons. The molecule has 2 N–H and O–H groups in total. The third-order valence-electron chi connectivity index (χ3n) is 5.65. The molecule has 1 aliphatic heterocycles. The number of aromatic nitrogens is 5. The van der Waals surface area contributed by atoms with Gasteiger partial charge in [-0.1, -0.05) is 23.6 Å². The highest BCUT2D eigenvalue weighted by atomic mass is 35.5. The standard InChI is InChI=1S/C20H23ClFN7O4S/c1-11-10-29(34(31,32)8-6-16(30)24-20-28-27-12(2)33-20)7-5-14(11)17-18(21)26-19(25-17)15-4-3-13(22)9-23-15/h3-4,9,11,14H,5-8,10H2,1-2H3,(H,25,26)(H,24,28,30)/t11-,14+/m0/s1. The minimum Gasteiger partial charge on any atom is -0.408 e. The number of aromatic amines is 1. The number of amides is 1. The van der Waals surface area contributed by atoms with E-state index < -0.39 is 21.7 Å². The smallest absolute Gasteiger partial charge is 0.322 e. The first-order chi connectivity index (χ1) is 16.1. The van der Waals surface area contributed by atoms with Crippen molar-refractivity contribution in [3.05, 3.63) is 40.9 Å². The van der Waals surface area contributed by atoms with Crippen LogP contribution in [0.5, 0.6) is 0 Å². The van der Waals surface area contributed by atoms with Gasteiger partial charge in [-0.05, 0) is 24.5 Å². The van der Waals surface area contributed by atoms with Crippen LogP contribution in [0.25, 0.3) is 11.5 Å². The van der Waals surface area contributed by atoms with Gasteiger partial charge >= 0.3 is 6.01 Å². The lowest BCUT2D eigenvalue weighted by Gasteiger charge is -2.35. The van der Waals surface area contributed by atoms with Crippen molar-refractivity contribution in [2.75, 3.05) is 24.2 Å². The largest absolute Gasteiger partial charge is 0.408 e. The van der Waals surface area contributed by atoms with Crippen LogP contribution in [-0.2, 0) is 14.8 Å². The molecule has 4 heterocycles. The number of hydrogen-bond donors (Lipinski definition) is 2. The molecule has 1 amide bonds. The summed E-state index contributed by atoms with van der Waals surface area (Å²) in [4.78, 5) is 23.5. The second kappa shape index (κ2) is 9.76. The van der Waals surface area contributed by atoms with E-state index >= 15 is 0 Å². The second-order valence-electron chi connectivity index (χ2n) is 8.12.